The van der Waals surface area contributed by atoms with Crippen molar-refractivity contribution in [2.45, 2.75) is 13.3 Å². The van der Waals surface area contributed by atoms with Gasteiger partial charge in [-0.25, -0.2) is 0 Å². The second kappa shape index (κ2) is 8.09. The first-order valence-electron chi connectivity index (χ1n) is 6.28. The van der Waals surface area contributed by atoms with Gasteiger partial charge in [0.25, 0.3) is 0 Å². The lowest BCUT2D eigenvalue weighted by Crippen LogP contribution is -2.30. The number of nitrogens with one attached hydrogen (secondary N) is 1. The van der Waals surface area contributed by atoms with Crippen LogP contribution in [0.25, 0.3) is 0 Å². The molecule has 0 spiro atoms. The van der Waals surface area contributed by atoms with Crippen molar-refractivity contribution in [2.75, 3.05) is 40.3 Å². The smallest absolute Gasteiger partial charge is 0.118 e. The molecular formula is C14H24N2O. The van der Waals surface area contributed by atoms with E-state index < -0.39 is 0 Å². The van der Waals surface area contributed by atoms with Crippen LogP contribution in [-0.4, -0.2) is 45.2 Å². The summed E-state index contributed by atoms with van der Waals surface area (Å²) in [6.07, 6.45) is 1.07. The van der Waals surface area contributed by atoms with Gasteiger partial charge in [0.15, 0.2) is 0 Å². The van der Waals surface area contributed by atoms with Crippen LogP contribution in [0.5, 0.6) is 5.75 Å². The molecule has 1 N–H and O–H groups in total. The Bertz CT molecular complexity index is 298. The van der Waals surface area contributed by atoms with Gasteiger partial charge < -0.3 is 15.0 Å². The highest BCUT2D eigenvalue weighted by atomic mass is 16.5. The molecular weight excluding hydrogens is 212 g/mol. The summed E-state index contributed by atoms with van der Waals surface area (Å²) >= 11 is 0. The quantitative estimate of drug-likeness (QED) is 0.696. The molecule has 0 amide bonds. The van der Waals surface area contributed by atoms with Crippen LogP contribution < -0.4 is 10.1 Å². The molecule has 0 saturated heterocycles. The number of ether oxygens (including phenoxy) is 1. The number of nitrogens with zero attached hydrogens (tertiary/aromatic N) is 1. The summed E-state index contributed by atoms with van der Waals surface area (Å²) in [7, 11) is 3.84. The maximum Gasteiger partial charge on any atom is 0.118 e. The largest absolute Gasteiger partial charge is 0.497 e. The molecule has 96 valence electrons. The predicted molar refractivity (Wildman–Crippen MR) is 72.7 cm³/mol. The molecule has 1 rings (SSSR count). The molecule has 0 saturated carbocycles. The summed E-state index contributed by atoms with van der Waals surface area (Å²) < 4.78 is 5.13. The number of rotatable bonds is 8. The molecule has 0 aliphatic rings. The Morgan fingerprint density at radius 2 is 1.88 bits per heavy atom. The zero-order valence-corrected chi connectivity index (χ0v) is 11.2. The third-order valence-electron chi connectivity index (χ3n) is 2.96. The molecule has 0 atom stereocenters. The standard InChI is InChI=1S/C14H24N2O/c1-4-16(2)12-11-15-10-9-13-5-7-14(17-3)8-6-13/h5-8,15H,4,9-12H2,1-3H3. The van der Waals surface area contributed by atoms with Crippen molar-refractivity contribution in [1.29, 1.82) is 0 Å². The highest BCUT2D eigenvalue weighted by Gasteiger charge is 1.96. The van der Waals surface area contributed by atoms with Crippen molar-refractivity contribution in [3.63, 3.8) is 0 Å². The molecule has 0 bridgehead atoms. The van der Waals surface area contributed by atoms with Crippen LogP contribution in [0, 0.1) is 0 Å². The zero-order valence-electron chi connectivity index (χ0n) is 11.2. The number of hydrogen-bond acceptors (Lipinski definition) is 3. The van der Waals surface area contributed by atoms with E-state index in [2.05, 4.69) is 36.3 Å². The first kappa shape index (κ1) is 14.0. The second-order valence-corrected chi connectivity index (χ2v) is 4.24. The molecule has 17 heavy (non-hydrogen) atoms. The lowest BCUT2D eigenvalue weighted by atomic mass is 10.1. The molecule has 1 aromatic rings. The fraction of sp³-hybridized carbons (Fsp3) is 0.571. The van der Waals surface area contributed by atoms with E-state index in [0.717, 1.165) is 38.3 Å². The van der Waals surface area contributed by atoms with E-state index in [1.165, 1.54) is 5.56 Å². The SMILES string of the molecule is CCN(C)CCNCCc1ccc(OC)cc1. The van der Waals surface area contributed by atoms with Gasteiger partial charge in [0.1, 0.15) is 5.75 Å². The van der Waals surface area contributed by atoms with Crippen LogP contribution in [0.3, 0.4) is 0 Å². The fourth-order valence-corrected chi connectivity index (χ4v) is 1.58. The van der Waals surface area contributed by atoms with Crippen molar-refractivity contribution in [3.8, 4) is 5.75 Å². The summed E-state index contributed by atoms with van der Waals surface area (Å²) in [5.41, 5.74) is 1.35. The van der Waals surface area contributed by atoms with Crippen molar-refractivity contribution in [1.82, 2.24) is 10.2 Å². The molecule has 0 heterocycles. The number of hydrogen-bond donors (Lipinski definition) is 1. The molecule has 0 fully saturated rings. The maximum atomic E-state index is 5.13. The molecule has 0 aromatic heterocycles. The van der Waals surface area contributed by atoms with E-state index in [0.29, 0.717) is 0 Å². The number of likely N-dealkylation sites (N-methyl/N-ethyl adjacent to an activating group) is 1. The molecule has 3 nitrogen and oxygen atoms in total. The Labute approximate surface area is 105 Å². The van der Waals surface area contributed by atoms with E-state index >= 15 is 0 Å². The van der Waals surface area contributed by atoms with E-state index in [1.807, 2.05) is 12.1 Å². The first-order valence-corrected chi connectivity index (χ1v) is 6.28. The molecule has 0 unspecified atom stereocenters. The Balaban J connectivity index is 2.13. The van der Waals surface area contributed by atoms with Crippen LogP contribution in [0.1, 0.15) is 12.5 Å². The molecule has 0 radical (unpaired) electrons. The minimum Gasteiger partial charge on any atom is -0.497 e. The van der Waals surface area contributed by atoms with Gasteiger partial charge in [0, 0.05) is 13.1 Å². The summed E-state index contributed by atoms with van der Waals surface area (Å²) in [6.45, 7) is 6.49. The monoisotopic (exact) mass is 236 g/mol. The highest BCUT2D eigenvalue weighted by Crippen LogP contribution is 2.11. The van der Waals surface area contributed by atoms with Crippen molar-refractivity contribution >= 4 is 0 Å². The van der Waals surface area contributed by atoms with E-state index in [4.69, 9.17) is 4.74 Å². The molecule has 1 aromatic carbocycles. The first-order chi connectivity index (χ1) is 8.26. The average molecular weight is 236 g/mol. The third kappa shape index (κ3) is 5.71. The van der Waals surface area contributed by atoms with Gasteiger partial charge in [0.2, 0.25) is 0 Å². The van der Waals surface area contributed by atoms with Crippen LogP contribution in [0.4, 0.5) is 0 Å². The number of methoxy groups -OCH3 is 1. The molecule has 0 aliphatic carbocycles. The minimum absolute atomic E-state index is 0.922. The Hall–Kier alpha value is -1.06. The van der Waals surface area contributed by atoms with Crippen LogP contribution in [0.2, 0.25) is 0 Å². The zero-order chi connectivity index (χ0) is 12.5. The maximum absolute atomic E-state index is 5.13. The van der Waals surface area contributed by atoms with Crippen molar-refractivity contribution in [2.24, 2.45) is 0 Å². The van der Waals surface area contributed by atoms with Gasteiger partial charge in [-0.1, -0.05) is 19.1 Å². The van der Waals surface area contributed by atoms with Gasteiger partial charge in [-0.2, -0.15) is 0 Å². The lowest BCUT2D eigenvalue weighted by Gasteiger charge is -2.13. The van der Waals surface area contributed by atoms with Gasteiger partial charge in [-0.05, 0) is 44.3 Å². The van der Waals surface area contributed by atoms with E-state index in [1.54, 1.807) is 7.11 Å². The minimum atomic E-state index is 0.922. The van der Waals surface area contributed by atoms with E-state index in [-0.39, 0.29) is 0 Å². The van der Waals surface area contributed by atoms with Gasteiger partial charge >= 0.3 is 0 Å². The lowest BCUT2D eigenvalue weighted by molar-refractivity contribution is 0.349. The fourth-order valence-electron chi connectivity index (χ4n) is 1.58. The molecule has 3 heteroatoms. The topological polar surface area (TPSA) is 24.5 Å². The van der Waals surface area contributed by atoms with Crippen LogP contribution in [0.15, 0.2) is 24.3 Å². The van der Waals surface area contributed by atoms with Gasteiger partial charge in [-0.15, -0.1) is 0 Å². The number of benzene rings is 1. The summed E-state index contributed by atoms with van der Waals surface area (Å²) in [4.78, 5) is 2.31. The third-order valence-corrected chi connectivity index (χ3v) is 2.96. The van der Waals surface area contributed by atoms with Crippen molar-refractivity contribution in [3.05, 3.63) is 29.8 Å². The summed E-state index contributed by atoms with van der Waals surface area (Å²) in [6, 6.07) is 8.28. The molecule has 0 aliphatic heterocycles. The van der Waals surface area contributed by atoms with Gasteiger partial charge in [0.05, 0.1) is 7.11 Å². The normalized spacial score (nSPS) is 10.8. The Kier molecular flexibility index (Phi) is 6.67. The van der Waals surface area contributed by atoms with E-state index in [9.17, 15) is 0 Å². The van der Waals surface area contributed by atoms with Gasteiger partial charge in [-0.3, -0.25) is 0 Å². The van der Waals surface area contributed by atoms with Crippen molar-refractivity contribution < 1.29 is 4.74 Å². The Morgan fingerprint density at radius 1 is 1.18 bits per heavy atom. The highest BCUT2D eigenvalue weighted by molar-refractivity contribution is 5.27. The Morgan fingerprint density at radius 3 is 2.47 bits per heavy atom. The van der Waals surface area contributed by atoms with Crippen LogP contribution in [-0.2, 0) is 6.42 Å². The summed E-state index contributed by atoms with van der Waals surface area (Å²) in [5.74, 6) is 0.922. The second-order valence-electron chi connectivity index (χ2n) is 4.24. The predicted octanol–water partition coefficient (Wildman–Crippen LogP) is 1.78. The summed E-state index contributed by atoms with van der Waals surface area (Å²) in [5, 5.41) is 3.45. The van der Waals surface area contributed by atoms with Crippen LogP contribution >= 0.6 is 0 Å². The average Bonchev–Trinajstić information content (AvgIpc) is 2.38.